The largest absolute Gasteiger partial charge is 0.349 e. The third-order valence-electron chi connectivity index (χ3n) is 2.25. The van der Waals surface area contributed by atoms with Gasteiger partial charge in [0, 0.05) is 18.9 Å². The molecule has 0 aliphatic rings. The molecule has 17 heavy (non-hydrogen) atoms. The number of anilines is 1. The molecule has 2 aromatic heterocycles. The average molecular weight is 232 g/mol. The van der Waals surface area contributed by atoms with E-state index in [1.54, 1.807) is 19.3 Å². The lowest BCUT2D eigenvalue weighted by molar-refractivity contribution is 0.793. The molecule has 2 rings (SSSR count). The number of aromatic nitrogens is 4. The normalized spacial score (nSPS) is 10.2. The molecule has 0 radical (unpaired) electrons. The van der Waals surface area contributed by atoms with E-state index in [4.69, 9.17) is 5.84 Å². The van der Waals surface area contributed by atoms with Crippen molar-refractivity contribution in [3.8, 4) is 0 Å². The molecule has 0 aliphatic heterocycles. The zero-order valence-electron chi connectivity index (χ0n) is 9.29. The van der Waals surface area contributed by atoms with Gasteiger partial charge in [0.1, 0.15) is 5.69 Å². The lowest BCUT2D eigenvalue weighted by atomic mass is 10.3. The van der Waals surface area contributed by atoms with Crippen molar-refractivity contribution < 1.29 is 0 Å². The van der Waals surface area contributed by atoms with Crippen LogP contribution >= 0.6 is 0 Å². The van der Waals surface area contributed by atoms with E-state index in [0.29, 0.717) is 6.54 Å². The van der Waals surface area contributed by atoms with E-state index in [1.807, 2.05) is 12.1 Å². The second kappa shape index (κ2) is 4.60. The summed E-state index contributed by atoms with van der Waals surface area (Å²) in [5.41, 5.74) is 0.911. The van der Waals surface area contributed by atoms with Crippen molar-refractivity contribution in [1.29, 1.82) is 0 Å². The summed E-state index contributed by atoms with van der Waals surface area (Å²) in [7, 11) is 0. The number of nitrogens with zero attached hydrogens (tertiary/aromatic N) is 4. The molecular weight excluding hydrogens is 220 g/mol. The van der Waals surface area contributed by atoms with Crippen LogP contribution in [0.4, 0.5) is 5.95 Å². The molecule has 0 spiro atoms. The lowest BCUT2D eigenvalue weighted by Crippen LogP contribution is -2.33. The van der Waals surface area contributed by atoms with Crippen LogP contribution in [0.1, 0.15) is 11.3 Å². The fourth-order valence-corrected chi connectivity index (χ4v) is 1.29. The summed E-state index contributed by atoms with van der Waals surface area (Å²) in [5, 5.41) is 10.5. The molecule has 0 bridgehead atoms. The second-order valence-electron chi connectivity index (χ2n) is 3.49. The van der Waals surface area contributed by atoms with Crippen molar-refractivity contribution in [3.05, 3.63) is 46.1 Å². The number of nitrogen functional groups attached to an aromatic ring is 1. The van der Waals surface area contributed by atoms with Crippen LogP contribution in [0.3, 0.4) is 0 Å². The van der Waals surface area contributed by atoms with Crippen LogP contribution in [0.2, 0.25) is 0 Å². The molecule has 7 heteroatoms. The number of nitrogens with two attached hydrogens (primary N) is 1. The summed E-state index contributed by atoms with van der Waals surface area (Å²) < 4.78 is 0.948. The van der Waals surface area contributed by atoms with Crippen LogP contribution in [0.5, 0.6) is 0 Å². The number of nitrogens with one attached hydrogen (secondary N) is 1. The quantitative estimate of drug-likeness (QED) is 0.703. The van der Waals surface area contributed by atoms with E-state index in [0.717, 1.165) is 10.2 Å². The summed E-state index contributed by atoms with van der Waals surface area (Å²) in [6, 6.07) is 3.71. The van der Waals surface area contributed by atoms with Crippen molar-refractivity contribution in [2.24, 2.45) is 0 Å². The molecule has 3 N–H and O–H groups in total. The highest BCUT2D eigenvalue weighted by Crippen LogP contribution is 2.01. The van der Waals surface area contributed by atoms with E-state index in [1.165, 1.54) is 0 Å². The van der Waals surface area contributed by atoms with Crippen LogP contribution in [0.15, 0.2) is 29.3 Å². The summed E-state index contributed by atoms with van der Waals surface area (Å²) >= 11 is 0. The van der Waals surface area contributed by atoms with Gasteiger partial charge < -0.3 is 11.2 Å². The molecule has 0 aromatic carbocycles. The molecule has 2 heterocycles. The van der Waals surface area contributed by atoms with Gasteiger partial charge in [0.2, 0.25) is 5.95 Å². The number of hydrogen-bond donors (Lipinski definition) is 2. The first kappa shape index (κ1) is 11.1. The van der Waals surface area contributed by atoms with Gasteiger partial charge in [0.15, 0.2) is 0 Å². The van der Waals surface area contributed by atoms with Crippen LogP contribution < -0.4 is 16.7 Å². The number of aryl methyl sites for hydroxylation is 1. The Balaban J connectivity index is 2.15. The van der Waals surface area contributed by atoms with Crippen molar-refractivity contribution in [1.82, 2.24) is 19.9 Å². The van der Waals surface area contributed by atoms with Crippen LogP contribution in [0, 0.1) is 6.92 Å². The van der Waals surface area contributed by atoms with E-state index in [9.17, 15) is 4.79 Å². The third-order valence-corrected chi connectivity index (χ3v) is 2.25. The van der Waals surface area contributed by atoms with E-state index in [2.05, 4.69) is 20.5 Å². The first-order chi connectivity index (χ1) is 8.18. The van der Waals surface area contributed by atoms with Crippen LogP contribution in [0.25, 0.3) is 0 Å². The van der Waals surface area contributed by atoms with Gasteiger partial charge in [-0.3, -0.25) is 9.78 Å². The summed E-state index contributed by atoms with van der Waals surface area (Å²) in [4.78, 5) is 15.4. The minimum absolute atomic E-state index is 0.234. The SMILES string of the molecule is Cc1nnc(NCc2ccncc2)n(N)c1=O. The molecule has 0 unspecified atom stereocenters. The van der Waals surface area contributed by atoms with Gasteiger partial charge in [0.05, 0.1) is 0 Å². The predicted molar refractivity (Wildman–Crippen MR) is 62.7 cm³/mol. The number of pyridine rings is 1. The molecular formula is C10H12N6O. The van der Waals surface area contributed by atoms with Crippen molar-refractivity contribution in [2.45, 2.75) is 13.5 Å². The van der Waals surface area contributed by atoms with Crippen LogP contribution in [-0.2, 0) is 6.54 Å². The Morgan fingerprint density at radius 2 is 2.06 bits per heavy atom. The Labute approximate surface area is 97.3 Å². The Morgan fingerprint density at radius 3 is 2.76 bits per heavy atom. The topological polar surface area (TPSA) is 98.7 Å². The summed E-state index contributed by atoms with van der Waals surface area (Å²) in [6.07, 6.45) is 3.38. The van der Waals surface area contributed by atoms with Gasteiger partial charge >= 0.3 is 0 Å². The minimum Gasteiger partial charge on any atom is -0.349 e. The van der Waals surface area contributed by atoms with Gasteiger partial charge in [-0.2, -0.15) is 4.68 Å². The zero-order valence-corrected chi connectivity index (χ0v) is 9.29. The molecule has 7 nitrogen and oxygen atoms in total. The minimum atomic E-state index is -0.364. The maximum atomic E-state index is 11.5. The first-order valence-corrected chi connectivity index (χ1v) is 5.02. The number of rotatable bonds is 3. The molecule has 0 saturated heterocycles. The first-order valence-electron chi connectivity index (χ1n) is 5.02. The molecule has 0 amide bonds. The molecule has 0 aliphatic carbocycles. The molecule has 0 atom stereocenters. The van der Waals surface area contributed by atoms with Gasteiger partial charge in [0.25, 0.3) is 5.56 Å². The predicted octanol–water partition coefficient (Wildman–Crippen LogP) is -0.332. The van der Waals surface area contributed by atoms with E-state index < -0.39 is 0 Å². The van der Waals surface area contributed by atoms with Crippen molar-refractivity contribution in [2.75, 3.05) is 11.2 Å². The van der Waals surface area contributed by atoms with Crippen molar-refractivity contribution >= 4 is 5.95 Å². The fraction of sp³-hybridized carbons (Fsp3) is 0.200. The van der Waals surface area contributed by atoms with E-state index >= 15 is 0 Å². The van der Waals surface area contributed by atoms with Gasteiger partial charge in [-0.05, 0) is 24.6 Å². The Morgan fingerprint density at radius 1 is 1.35 bits per heavy atom. The Bertz CT molecular complexity index is 565. The molecule has 0 fully saturated rings. The van der Waals surface area contributed by atoms with Gasteiger partial charge in [-0.1, -0.05) is 0 Å². The maximum Gasteiger partial charge on any atom is 0.295 e. The second-order valence-corrected chi connectivity index (χ2v) is 3.49. The van der Waals surface area contributed by atoms with Gasteiger partial charge in [-0.15, -0.1) is 10.2 Å². The number of hydrogen-bond acceptors (Lipinski definition) is 6. The lowest BCUT2D eigenvalue weighted by Gasteiger charge is -2.08. The standard InChI is InChI=1S/C10H12N6O/c1-7-9(17)16(11)10(15-14-7)13-6-8-2-4-12-5-3-8/h2-5H,6,11H2,1H3,(H,13,15). The van der Waals surface area contributed by atoms with E-state index in [-0.39, 0.29) is 17.2 Å². The Kier molecular flexibility index (Phi) is 2.99. The zero-order chi connectivity index (χ0) is 12.3. The smallest absolute Gasteiger partial charge is 0.295 e. The molecule has 0 saturated carbocycles. The molecule has 2 aromatic rings. The van der Waals surface area contributed by atoms with Crippen LogP contribution in [-0.4, -0.2) is 19.9 Å². The fourth-order valence-electron chi connectivity index (χ4n) is 1.29. The summed E-state index contributed by atoms with van der Waals surface area (Å²) in [5.74, 6) is 5.81. The maximum absolute atomic E-state index is 11.5. The highest BCUT2D eigenvalue weighted by atomic mass is 16.1. The Hall–Kier alpha value is -2.44. The average Bonchev–Trinajstić information content (AvgIpc) is 2.36. The summed E-state index contributed by atoms with van der Waals surface area (Å²) in [6.45, 7) is 2.06. The van der Waals surface area contributed by atoms with Gasteiger partial charge in [-0.25, -0.2) is 0 Å². The molecule has 88 valence electrons. The van der Waals surface area contributed by atoms with Crippen molar-refractivity contribution in [3.63, 3.8) is 0 Å². The highest BCUT2D eigenvalue weighted by molar-refractivity contribution is 5.27. The highest BCUT2D eigenvalue weighted by Gasteiger charge is 2.05. The monoisotopic (exact) mass is 232 g/mol. The third kappa shape index (κ3) is 2.39.